The van der Waals surface area contributed by atoms with E-state index in [4.69, 9.17) is 21.7 Å². The van der Waals surface area contributed by atoms with Crippen molar-refractivity contribution in [1.29, 1.82) is 5.41 Å². The summed E-state index contributed by atoms with van der Waals surface area (Å²) in [6.45, 7) is 10.4. The molecule has 3 aromatic rings. The van der Waals surface area contributed by atoms with Gasteiger partial charge in [0, 0.05) is 5.56 Å². The van der Waals surface area contributed by atoms with E-state index in [9.17, 15) is 27.2 Å². The Labute approximate surface area is 296 Å². The smallest absolute Gasteiger partial charge is 0.407 e. The molecule has 0 unspecified atom stereocenters. The van der Waals surface area contributed by atoms with Crippen LogP contribution in [0.5, 0.6) is 0 Å². The number of carbonyl (C=O) groups excluding carboxylic acids is 2. The zero-order valence-corrected chi connectivity index (χ0v) is 29.0. The Morgan fingerprint density at radius 1 is 1.20 bits per heavy atom. The van der Waals surface area contributed by atoms with Gasteiger partial charge >= 0.3 is 6.09 Å². The summed E-state index contributed by atoms with van der Waals surface area (Å²) in [5.41, 5.74) is -2.91. The number of aromatic nitrogens is 3. The van der Waals surface area contributed by atoms with Crippen LogP contribution in [0.1, 0.15) is 81.9 Å². The van der Waals surface area contributed by atoms with Crippen molar-refractivity contribution in [3.8, 4) is 5.69 Å². The van der Waals surface area contributed by atoms with E-state index in [-0.39, 0.29) is 46.7 Å². The van der Waals surface area contributed by atoms with Crippen molar-refractivity contribution in [3.05, 3.63) is 94.8 Å². The molecule has 0 bridgehead atoms. The quantitative estimate of drug-likeness (QED) is 0.129. The summed E-state index contributed by atoms with van der Waals surface area (Å²) in [7, 11) is 0. The lowest BCUT2D eigenvalue weighted by Gasteiger charge is -2.35. The molecular formula is C35H37ClF5N7O3. The summed E-state index contributed by atoms with van der Waals surface area (Å²) in [6, 6.07) is 7.08. The lowest BCUT2D eigenvalue weighted by Crippen LogP contribution is -2.47. The number of nitrogens with one attached hydrogen (secondary N) is 3. The summed E-state index contributed by atoms with van der Waals surface area (Å²) in [6.07, 6.45) is -2.81. The zero-order valence-electron chi connectivity index (χ0n) is 28.2. The van der Waals surface area contributed by atoms with Gasteiger partial charge in [-0.1, -0.05) is 69.3 Å². The summed E-state index contributed by atoms with van der Waals surface area (Å²) in [4.78, 5) is 32.3. The Hall–Kier alpha value is -4.79. The van der Waals surface area contributed by atoms with Crippen molar-refractivity contribution in [1.82, 2.24) is 30.3 Å². The second-order valence-electron chi connectivity index (χ2n) is 13.7. The molecule has 51 heavy (non-hydrogen) atoms. The van der Waals surface area contributed by atoms with Gasteiger partial charge in [-0.15, -0.1) is 0 Å². The Balaban J connectivity index is 1.61. The van der Waals surface area contributed by atoms with Gasteiger partial charge in [-0.25, -0.2) is 36.4 Å². The van der Waals surface area contributed by atoms with Gasteiger partial charge in [0.15, 0.2) is 11.8 Å². The minimum absolute atomic E-state index is 0.0187. The Morgan fingerprint density at radius 3 is 2.47 bits per heavy atom. The van der Waals surface area contributed by atoms with Crippen LogP contribution in [0.2, 0.25) is 5.02 Å². The summed E-state index contributed by atoms with van der Waals surface area (Å²) in [5.74, 6) is -2.51. The number of allylic oxidation sites excluding steroid dienone is 3. The molecule has 272 valence electrons. The number of carbonyl (C=O) groups is 2. The van der Waals surface area contributed by atoms with Gasteiger partial charge in [-0.05, 0) is 66.5 Å². The second-order valence-corrected chi connectivity index (χ2v) is 14.1. The second kappa shape index (κ2) is 14.1. The number of amides is 2. The lowest BCUT2D eigenvalue weighted by atomic mass is 9.75. The molecular weight excluding hydrogens is 697 g/mol. The number of halogens is 6. The first-order chi connectivity index (χ1) is 24.0. The van der Waals surface area contributed by atoms with E-state index >= 15 is 4.39 Å². The molecule has 1 saturated heterocycles. The number of ether oxygens (including phenoxy) is 1. The fourth-order valence-electron chi connectivity index (χ4n) is 6.26. The normalized spacial score (nSPS) is 19.4. The largest absolute Gasteiger partial charge is 0.447 e. The molecule has 2 aromatic carbocycles. The standard InChI is InChI=1S/C35H37ClF5N7O3/c1-6-19(7-2)22-10-9-21(15-24(22)37)35(17-33(3,4)5)30(49)47(31(42)45-35)26(16-51-32(50)46-34(12-13-34)29(40)41)20-8-11-23(36)25(14-20)48-28(27(38)39)43-18-44-48/h6-11,14-15,18,26-27,29H,1,12-13,16-17H2,2-5H3,(H2,42,45)(H,46,50)/b19-7+/t26-,35-/m1/s1. The summed E-state index contributed by atoms with van der Waals surface area (Å²) < 4.78 is 76.7. The van der Waals surface area contributed by atoms with Crippen LogP contribution in [0.4, 0.5) is 26.7 Å². The van der Waals surface area contributed by atoms with Gasteiger partial charge in [0.25, 0.3) is 18.8 Å². The van der Waals surface area contributed by atoms with E-state index in [1.165, 1.54) is 36.4 Å². The van der Waals surface area contributed by atoms with E-state index in [0.29, 0.717) is 5.57 Å². The first-order valence-corrected chi connectivity index (χ1v) is 16.3. The van der Waals surface area contributed by atoms with Gasteiger partial charge in [0.05, 0.1) is 16.8 Å². The number of rotatable bonds is 12. The Bertz CT molecular complexity index is 1890. The first-order valence-electron chi connectivity index (χ1n) is 16.0. The number of hydrogen-bond acceptors (Lipinski definition) is 6. The molecule has 2 atom stereocenters. The maximum atomic E-state index is 15.7. The summed E-state index contributed by atoms with van der Waals surface area (Å²) in [5, 5.41) is 18.1. The van der Waals surface area contributed by atoms with E-state index < -0.39 is 71.6 Å². The number of guanidine groups is 1. The van der Waals surface area contributed by atoms with Crippen molar-refractivity contribution >= 4 is 35.1 Å². The van der Waals surface area contributed by atoms with Crippen molar-refractivity contribution in [2.45, 2.75) is 76.9 Å². The average Bonchev–Trinajstić information content (AvgIpc) is 3.59. The molecule has 5 rings (SSSR count). The predicted molar refractivity (Wildman–Crippen MR) is 180 cm³/mol. The van der Waals surface area contributed by atoms with Crippen LogP contribution >= 0.6 is 11.6 Å². The molecule has 1 aliphatic carbocycles. The zero-order chi connectivity index (χ0) is 37.5. The van der Waals surface area contributed by atoms with Gasteiger partial charge in [0.1, 0.15) is 29.8 Å². The molecule has 16 heteroatoms. The maximum absolute atomic E-state index is 15.7. The van der Waals surface area contributed by atoms with Gasteiger partial charge < -0.3 is 15.4 Å². The summed E-state index contributed by atoms with van der Waals surface area (Å²) >= 11 is 6.41. The monoisotopic (exact) mass is 733 g/mol. The first kappa shape index (κ1) is 37.5. The van der Waals surface area contributed by atoms with Crippen molar-refractivity contribution < 1.29 is 36.3 Å². The molecule has 2 fully saturated rings. The molecule has 0 spiro atoms. The van der Waals surface area contributed by atoms with Crippen LogP contribution in [0, 0.1) is 16.6 Å². The molecule has 1 aliphatic heterocycles. The molecule has 1 saturated carbocycles. The number of nitrogens with zero attached hydrogens (tertiary/aromatic N) is 4. The van der Waals surface area contributed by atoms with E-state index in [2.05, 4.69) is 27.3 Å². The fourth-order valence-corrected chi connectivity index (χ4v) is 6.46. The molecule has 2 heterocycles. The average molecular weight is 734 g/mol. The third-order valence-corrected chi connectivity index (χ3v) is 9.17. The highest BCUT2D eigenvalue weighted by atomic mass is 35.5. The van der Waals surface area contributed by atoms with Crippen LogP contribution in [0.25, 0.3) is 11.3 Å². The van der Waals surface area contributed by atoms with Crippen LogP contribution in [-0.2, 0) is 15.1 Å². The number of alkyl halides is 4. The number of alkyl carbamates (subject to hydrolysis) is 1. The van der Waals surface area contributed by atoms with Crippen molar-refractivity contribution in [2.24, 2.45) is 5.41 Å². The SMILES string of the molecule is C=C/C(=C\C)c1ccc([C@@]2(CC(C)(C)C)NC(=N)N([C@H](COC(=O)NC3(C(F)F)CC3)c3ccc(Cl)c(-n4ncnc4C(F)F)c3)C2=O)cc1F. The van der Waals surface area contributed by atoms with Crippen LogP contribution in [0.15, 0.2) is 61.5 Å². The molecule has 3 N–H and O–H groups in total. The third kappa shape index (κ3) is 7.34. The Kier molecular flexibility index (Phi) is 10.3. The fraction of sp³-hybridized carbons (Fsp3) is 0.400. The maximum Gasteiger partial charge on any atom is 0.407 e. The van der Waals surface area contributed by atoms with Crippen LogP contribution in [-0.4, -0.2) is 56.2 Å². The van der Waals surface area contributed by atoms with Crippen molar-refractivity contribution in [3.63, 3.8) is 0 Å². The molecule has 0 radical (unpaired) electrons. The van der Waals surface area contributed by atoms with E-state index in [1.54, 1.807) is 19.1 Å². The van der Waals surface area contributed by atoms with Crippen LogP contribution in [0.3, 0.4) is 0 Å². The minimum Gasteiger partial charge on any atom is -0.447 e. The van der Waals surface area contributed by atoms with Gasteiger partial charge in [-0.2, -0.15) is 5.10 Å². The molecule has 1 aromatic heterocycles. The third-order valence-electron chi connectivity index (χ3n) is 8.85. The van der Waals surface area contributed by atoms with E-state index in [1.807, 2.05) is 20.8 Å². The predicted octanol–water partition coefficient (Wildman–Crippen LogP) is 7.85. The number of hydrogen-bond donors (Lipinski definition) is 3. The van der Waals surface area contributed by atoms with Gasteiger partial charge in [-0.3, -0.25) is 15.1 Å². The molecule has 2 amide bonds. The van der Waals surface area contributed by atoms with Crippen LogP contribution < -0.4 is 10.6 Å². The van der Waals surface area contributed by atoms with Crippen molar-refractivity contribution in [2.75, 3.05) is 6.61 Å². The lowest BCUT2D eigenvalue weighted by molar-refractivity contribution is -0.134. The molecule has 2 aliphatic rings. The van der Waals surface area contributed by atoms with Gasteiger partial charge in [0.2, 0.25) is 0 Å². The highest BCUT2D eigenvalue weighted by molar-refractivity contribution is 6.32. The minimum atomic E-state index is -3.03. The highest BCUT2D eigenvalue weighted by Gasteiger charge is 2.55. The Morgan fingerprint density at radius 2 is 1.90 bits per heavy atom. The highest BCUT2D eigenvalue weighted by Crippen LogP contribution is 2.44. The molecule has 10 nitrogen and oxygen atoms in total. The number of benzene rings is 2. The van der Waals surface area contributed by atoms with E-state index in [0.717, 1.165) is 15.9 Å². The topological polar surface area (TPSA) is 125 Å².